The lowest BCUT2D eigenvalue weighted by molar-refractivity contribution is -0.113. The lowest BCUT2D eigenvalue weighted by Gasteiger charge is -1.99. The largest absolute Gasteiger partial charge is 0.301 e. The Balaban J connectivity index is 1.61. The molecule has 3 heterocycles. The van der Waals surface area contributed by atoms with Gasteiger partial charge in [0.2, 0.25) is 11.1 Å². The molecule has 0 fully saturated rings. The highest BCUT2D eigenvalue weighted by Crippen LogP contribution is 2.16. The number of nitrogens with one attached hydrogen (secondary N) is 2. The van der Waals surface area contributed by atoms with E-state index in [0.29, 0.717) is 16.1 Å². The Hall–Kier alpha value is -1.94. The number of aromatic nitrogens is 6. The zero-order valence-electron chi connectivity index (χ0n) is 8.90. The second kappa shape index (κ2) is 4.74. The monoisotopic (exact) mass is 281 g/mol. The van der Waals surface area contributed by atoms with Gasteiger partial charge in [0.05, 0.1) is 5.75 Å². The zero-order valence-corrected chi connectivity index (χ0v) is 10.5. The first-order chi connectivity index (χ1) is 8.83. The van der Waals surface area contributed by atoms with Crippen LogP contribution in [0.3, 0.4) is 0 Å². The Kier molecular flexibility index (Phi) is 2.94. The van der Waals surface area contributed by atoms with Crippen LogP contribution >= 0.6 is 23.1 Å². The van der Waals surface area contributed by atoms with Gasteiger partial charge in [-0.15, -0.1) is 21.5 Å². The van der Waals surface area contributed by atoms with Crippen molar-refractivity contribution in [2.45, 2.75) is 5.16 Å². The summed E-state index contributed by atoms with van der Waals surface area (Å²) in [6.45, 7) is 0. The van der Waals surface area contributed by atoms with Crippen molar-refractivity contribution in [1.82, 2.24) is 29.8 Å². The number of carbonyl (C=O) groups is 1. The maximum absolute atomic E-state index is 11.6. The van der Waals surface area contributed by atoms with Crippen molar-refractivity contribution in [1.29, 1.82) is 0 Å². The van der Waals surface area contributed by atoms with Crippen LogP contribution in [0, 0.1) is 0 Å². The molecule has 3 aromatic rings. The Morgan fingerprint density at radius 2 is 2.44 bits per heavy atom. The molecule has 0 atom stereocenters. The first-order valence-electron chi connectivity index (χ1n) is 4.89. The third-order valence-electron chi connectivity index (χ3n) is 1.99. The van der Waals surface area contributed by atoms with Gasteiger partial charge in [-0.2, -0.15) is 9.50 Å². The van der Waals surface area contributed by atoms with Crippen molar-refractivity contribution < 1.29 is 4.79 Å². The molecule has 0 bridgehead atoms. The number of rotatable bonds is 4. The minimum atomic E-state index is -0.133. The fourth-order valence-electron chi connectivity index (χ4n) is 1.27. The van der Waals surface area contributed by atoms with Crippen LogP contribution in [0.2, 0.25) is 0 Å². The molecule has 3 rings (SSSR count). The number of nitrogens with zero attached hydrogens (tertiary/aromatic N) is 5. The normalized spacial score (nSPS) is 10.9. The molecule has 18 heavy (non-hydrogen) atoms. The molecule has 0 aromatic carbocycles. The molecule has 0 aliphatic heterocycles. The highest BCUT2D eigenvalue weighted by Gasteiger charge is 2.11. The molecular formula is C8H7N7OS2. The summed E-state index contributed by atoms with van der Waals surface area (Å²) in [7, 11) is 0. The SMILES string of the molecule is O=C(CSc1nnc2nc[nH]n12)Nc1nccs1. The van der Waals surface area contributed by atoms with E-state index in [0.717, 1.165) is 0 Å². The van der Waals surface area contributed by atoms with Crippen LogP contribution in [0.4, 0.5) is 5.13 Å². The number of amides is 1. The molecule has 2 N–H and O–H groups in total. The van der Waals surface area contributed by atoms with E-state index in [-0.39, 0.29) is 11.7 Å². The third-order valence-corrected chi connectivity index (χ3v) is 3.61. The molecule has 8 nitrogen and oxygen atoms in total. The Bertz CT molecular complexity index is 658. The van der Waals surface area contributed by atoms with Crippen molar-refractivity contribution >= 4 is 39.9 Å². The first-order valence-corrected chi connectivity index (χ1v) is 6.76. The minimum Gasteiger partial charge on any atom is -0.301 e. The standard InChI is InChI=1S/C8H7N7OS2/c16-5(12-7-9-1-2-17-7)3-18-8-14-13-6-10-4-11-15(6)8/h1-2,4H,3H2,(H,9,12,16)(H,10,11,13). The van der Waals surface area contributed by atoms with Crippen molar-refractivity contribution in [3.8, 4) is 0 Å². The van der Waals surface area contributed by atoms with Crippen molar-refractivity contribution in [3.63, 3.8) is 0 Å². The molecule has 0 saturated carbocycles. The van der Waals surface area contributed by atoms with Crippen molar-refractivity contribution in [2.24, 2.45) is 0 Å². The number of aromatic amines is 1. The lowest BCUT2D eigenvalue weighted by atomic mass is 10.7. The molecule has 0 spiro atoms. The van der Waals surface area contributed by atoms with Crippen molar-refractivity contribution in [2.75, 3.05) is 11.1 Å². The van der Waals surface area contributed by atoms with Gasteiger partial charge in [-0.25, -0.2) is 4.98 Å². The summed E-state index contributed by atoms with van der Waals surface area (Å²) >= 11 is 2.65. The Morgan fingerprint density at radius 3 is 3.28 bits per heavy atom. The maximum atomic E-state index is 11.6. The van der Waals surface area contributed by atoms with Gasteiger partial charge in [0.25, 0.3) is 5.78 Å². The van der Waals surface area contributed by atoms with Crippen LogP contribution in [-0.4, -0.2) is 41.4 Å². The van der Waals surface area contributed by atoms with E-state index in [1.54, 1.807) is 16.1 Å². The fraction of sp³-hybridized carbons (Fsp3) is 0.125. The predicted octanol–water partition coefficient (Wildman–Crippen LogP) is 0.640. The summed E-state index contributed by atoms with van der Waals surface area (Å²) in [5, 5.41) is 16.3. The molecule has 92 valence electrons. The fourth-order valence-corrected chi connectivity index (χ4v) is 2.51. The summed E-state index contributed by atoms with van der Waals surface area (Å²) in [5.74, 6) is 0.586. The van der Waals surface area contributed by atoms with E-state index in [4.69, 9.17) is 0 Å². The summed E-state index contributed by atoms with van der Waals surface area (Å²) in [6.07, 6.45) is 3.16. The van der Waals surface area contributed by atoms with E-state index in [2.05, 4.69) is 30.6 Å². The maximum Gasteiger partial charge on any atom is 0.272 e. The summed E-state index contributed by atoms with van der Waals surface area (Å²) in [6, 6.07) is 0. The molecule has 0 aliphatic rings. The zero-order chi connectivity index (χ0) is 12.4. The molecule has 0 unspecified atom stereocenters. The molecule has 1 amide bonds. The van der Waals surface area contributed by atoms with Crippen molar-refractivity contribution in [3.05, 3.63) is 17.9 Å². The second-order valence-corrected chi connectivity index (χ2v) is 5.02. The number of carbonyl (C=O) groups excluding carboxylic acids is 1. The predicted molar refractivity (Wildman–Crippen MR) is 66.6 cm³/mol. The number of H-pyrrole nitrogens is 1. The Labute approximate surface area is 109 Å². The molecule has 0 aliphatic carbocycles. The van der Waals surface area contributed by atoms with Crippen LogP contribution in [0.5, 0.6) is 0 Å². The minimum absolute atomic E-state index is 0.133. The van der Waals surface area contributed by atoms with E-state index in [9.17, 15) is 4.79 Å². The van der Waals surface area contributed by atoms with Gasteiger partial charge >= 0.3 is 0 Å². The molecule has 10 heteroatoms. The number of thioether (sulfide) groups is 1. The summed E-state index contributed by atoms with van der Waals surface area (Å²) in [5.41, 5.74) is 0. The second-order valence-electron chi connectivity index (χ2n) is 3.18. The Morgan fingerprint density at radius 1 is 1.50 bits per heavy atom. The summed E-state index contributed by atoms with van der Waals surface area (Å²) < 4.78 is 1.61. The lowest BCUT2D eigenvalue weighted by Crippen LogP contribution is -2.14. The van der Waals surface area contributed by atoms with Gasteiger partial charge < -0.3 is 5.32 Å². The van der Waals surface area contributed by atoms with E-state index in [1.807, 2.05) is 0 Å². The number of hydrogen-bond acceptors (Lipinski definition) is 7. The van der Waals surface area contributed by atoms with Gasteiger partial charge in [0, 0.05) is 11.6 Å². The average molecular weight is 281 g/mol. The first kappa shape index (κ1) is 11.2. The van der Waals surface area contributed by atoms with Gasteiger partial charge in [0.1, 0.15) is 6.33 Å². The number of fused-ring (bicyclic) bond motifs is 1. The smallest absolute Gasteiger partial charge is 0.272 e. The van der Waals surface area contributed by atoms with E-state index >= 15 is 0 Å². The molecule has 0 saturated heterocycles. The molecular weight excluding hydrogens is 274 g/mol. The van der Waals surface area contributed by atoms with Crippen LogP contribution in [0.15, 0.2) is 23.1 Å². The van der Waals surface area contributed by atoms with Crippen LogP contribution in [0.1, 0.15) is 0 Å². The molecule has 0 radical (unpaired) electrons. The quantitative estimate of drug-likeness (QED) is 0.681. The highest BCUT2D eigenvalue weighted by molar-refractivity contribution is 7.99. The number of anilines is 1. The van der Waals surface area contributed by atoms with Gasteiger partial charge in [-0.3, -0.25) is 9.89 Å². The number of hydrogen-bond donors (Lipinski definition) is 2. The average Bonchev–Trinajstić information content (AvgIpc) is 3.03. The highest BCUT2D eigenvalue weighted by atomic mass is 32.2. The van der Waals surface area contributed by atoms with Gasteiger partial charge in [0.15, 0.2) is 5.13 Å². The number of thiazole rings is 1. The molecule has 3 aromatic heterocycles. The van der Waals surface area contributed by atoms with E-state index in [1.165, 1.54) is 29.4 Å². The topological polar surface area (TPSA) is 101 Å². The van der Waals surface area contributed by atoms with Crippen LogP contribution in [-0.2, 0) is 4.79 Å². The summed E-state index contributed by atoms with van der Waals surface area (Å²) in [4.78, 5) is 19.5. The third kappa shape index (κ3) is 2.19. The van der Waals surface area contributed by atoms with Gasteiger partial charge in [-0.05, 0) is 0 Å². The van der Waals surface area contributed by atoms with Gasteiger partial charge in [-0.1, -0.05) is 11.8 Å². The van der Waals surface area contributed by atoms with Crippen LogP contribution < -0.4 is 5.32 Å². The van der Waals surface area contributed by atoms with Crippen LogP contribution in [0.25, 0.3) is 5.78 Å². The van der Waals surface area contributed by atoms with E-state index < -0.39 is 0 Å².